The Morgan fingerprint density at radius 3 is 2.24 bits per heavy atom. The molecule has 1 rings (SSSR count). The number of rotatable bonds is 3. The molecule has 0 radical (unpaired) electrons. The summed E-state index contributed by atoms with van der Waals surface area (Å²) in [5.41, 5.74) is 4.93. The summed E-state index contributed by atoms with van der Waals surface area (Å²) in [6.07, 6.45) is 0. The van der Waals surface area contributed by atoms with Crippen LogP contribution in [0, 0.1) is 0 Å². The minimum atomic E-state index is -0.550. The van der Waals surface area contributed by atoms with Crippen LogP contribution in [0.25, 0.3) is 0 Å². The number of benzene rings is 1. The van der Waals surface area contributed by atoms with Crippen LogP contribution in [-0.2, 0) is 0 Å². The summed E-state index contributed by atoms with van der Waals surface area (Å²) in [4.78, 5) is 13.5. The average molecular weight is 238 g/mol. The first-order valence-corrected chi connectivity index (χ1v) is 5.30. The van der Waals surface area contributed by atoms with E-state index in [9.17, 15) is 15.0 Å². The number of phenols is 2. The van der Waals surface area contributed by atoms with Gasteiger partial charge in [-0.15, -0.1) is 0 Å². The molecule has 0 spiro atoms. The number of likely N-dealkylation sites (N-methyl/N-ethyl adjacent to an activating group) is 1. The first kappa shape index (κ1) is 13.3. The number of aromatic hydroxyl groups is 2. The van der Waals surface area contributed by atoms with Gasteiger partial charge < -0.3 is 20.8 Å². The predicted molar refractivity (Wildman–Crippen MR) is 65.0 cm³/mol. The predicted octanol–water partition coefficient (Wildman–Crippen LogP) is 0.907. The second kappa shape index (κ2) is 4.63. The fraction of sp³-hybridized carbons (Fsp3) is 0.417. The van der Waals surface area contributed by atoms with Crippen LogP contribution >= 0.6 is 0 Å². The zero-order valence-electron chi connectivity index (χ0n) is 10.3. The number of carbonyl (C=O) groups is 1. The van der Waals surface area contributed by atoms with Gasteiger partial charge in [0, 0.05) is 19.1 Å². The molecule has 0 fully saturated rings. The summed E-state index contributed by atoms with van der Waals surface area (Å²) in [5, 5.41) is 19.2. The zero-order chi connectivity index (χ0) is 13.2. The van der Waals surface area contributed by atoms with Crippen LogP contribution in [0.4, 0.5) is 0 Å². The molecule has 0 aliphatic rings. The average Bonchev–Trinajstić information content (AvgIpc) is 2.27. The van der Waals surface area contributed by atoms with Gasteiger partial charge in [0.05, 0.1) is 0 Å². The van der Waals surface area contributed by atoms with Gasteiger partial charge in [0.25, 0.3) is 5.91 Å². The highest BCUT2D eigenvalue weighted by atomic mass is 16.3. The molecule has 5 heteroatoms. The number of nitrogens with two attached hydrogens (primary N) is 1. The fourth-order valence-corrected chi connectivity index (χ4v) is 1.33. The molecule has 0 saturated carbocycles. The standard InChI is InChI=1S/C12H18N2O3/c1-12(2,7-13)14(3)11(17)10-8(15)5-4-6-9(10)16/h4-6,15-16H,7,13H2,1-3H3. The highest BCUT2D eigenvalue weighted by molar-refractivity contribution is 5.99. The van der Waals surface area contributed by atoms with E-state index in [1.807, 2.05) is 13.8 Å². The number of hydrogen-bond donors (Lipinski definition) is 3. The van der Waals surface area contributed by atoms with Crippen LogP contribution < -0.4 is 5.73 Å². The molecule has 1 aromatic carbocycles. The Balaban J connectivity index is 3.14. The van der Waals surface area contributed by atoms with Crippen molar-refractivity contribution in [3.8, 4) is 11.5 Å². The summed E-state index contributed by atoms with van der Waals surface area (Å²) in [6, 6.07) is 4.18. The topological polar surface area (TPSA) is 86.8 Å². The van der Waals surface area contributed by atoms with Crippen LogP contribution in [0.5, 0.6) is 11.5 Å². The first-order valence-electron chi connectivity index (χ1n) is 5.30. The number of phenolic OH excluding ortho intramolecular Hbond substituents is 2. The Morgan fingerprint density at radius 2 is 1.82 bits per heavy atom. The molecular weight excluding hydrogens is 220 g/mol. The molecule has 0 unspecified atom stereocenters. The van der Waals surface area contributed by atoms with Gasteiger partial charge in [0.15, 0.2) is 0 Å². The third-order valence-corrected chi connectivity index (χ3v) is 2.95. The Kier molecular flexibility index (Phi) is 3.63. The van der Waals surface area contributed by atoms with Crippen LogP contribution in [0.3, 0.4) is 0 Å². The van der Waals surface area contributed by atoms with Crippen molar-refractivity contribution in [3.63, 3.8) is 0 Å². The first-order chi connectivity index (χ1) is 7.81. The third-order valence-electron chi connectivity index (χ3n) is 2.95. The molecule has 1 aromatic rings. The molecule has 0 aromatic heterocycles. The van der Waals surface area contributed by atoms with Crippen molar-refractivity contribution in [1.82, 2.24) is 4.90 Å². The molecule has 0 saturated heterocycles. The van der Waals surface area contributed by atoms with Gasteiger partial charge in [-0.3, -0.25) is 4.79 Å². The maximum Gasteiger partial charge on any atom is 0.261 e. The van der Waals surface area contributed by atoms with Gasteiger partial charge in [0.1, 0.15) is 17.1 Å². The normalized spacial score (nSPS) is 11.3. The Labute approximate surface area is 100 Å². The Bertz CT molecular complexity index is 410. The summed E-state index contributed by atoms with van der Waals surface area (Å²) >= 11 is 0. The van der Waals surface area contributed by atoms with Crippen molar-refractivity contribution >= 4 is 5.91 Å². The minimum absolute atomic E-state index is 0.100. The highest BCUT2D eigenvalue weighted by Gasteiger charge is 2.29. The van der Waals surface area contributed by atoms with Crippen LogP contribution in [0.2, 0.25) is 0 Å². The summed E-state index contributed by atoms with van der Waals surface area (Å²) in [7, 11) is 1.58. The van der Waals surface area contributed by atoms with E-state index in [0.717, 1.165) is 0 Å². The molecular formula is C12H18N2O3. The van der Waals surface area contributed by atoms with Gasteiger partial charge in [-0.25, -0.2) is 0 Å². The summed E-state index contributed by atoms with van der Waals surface area (Å²) < 4.78 is 0. The van der Waals surface area contributed by atoms with Crippen molar-refractivity contribution in [2.45, 2.75) is 19.4 Å². The van der Waals surface area contributed by atoms with Crippen LogP contribution in [0.15, 0.2) is 18.2 Å². The molecule has 5 nitrogen and oxygen atoms in total. The molecule has 0 aliphatic heterocycles. The lowest BCUT2D eigenvalue weighted by Crippen LogP contribution is -2.50. The largest absolute Gasteiger partial charge is 0.507 e. The quantitative estimate of drug-likeness (QED) is 0.730. The zero-order valence-corrected chi connectivity index (χ0v) is 10.3. The van der Waals surface area contributed by atoms with E-state index in [-0.39, 0.29) is 23.6 Å². The third kappa shape index (κ3) is 2.50. The lowest BCUT2D eigenvalue weighted by Gasteiger charge is -2.34. The van der Waals surface area contributed by atoms with Crippen LogP contribution in [0.1, 0.15) is 24.2 Å². The number of nitrogens with zero attached hydrogens (tertiary/aromatic N) is 1. The van der Waals surface area contributed by atoms with E-state index in [2.05, 4.69) is 0 Å². The smallest absolute Gasteiger partial charge is 0.261 e. The Morgan fingerprint density at radius 1 is 1.35 bits per heavy atom. The SMILES string of the molecule is CN(C(=O)c1c(O)cccc1O)C(C)(C)CN. The van der Waals surface area contributed by atoms with E-state index >= 15 is 0 Å². The maximum atomic E-state index is 12.1. The second-order valence-electron chi connectivity index (χ2n) is 4.55. The van der Waals surface area contributed by atoms with Crippen molar-refractivity contribution in [2.24, 2.45) is 5.73 Å². The van der Waals surface area contributed by atoms with E-state index in [0.29, 0.717) is 0 Å². The maximum absolute atomic E-state index is 12.1. The van der Waals surface area contributed by atoms with Gasteiger partial charge in [0.2, 0.25) is 0 Å². The molecule has 0 atom stereocenters. The molecule has 1 amide bonds. The molecule has 17 heavy (non-hydrogen) atoms. The minimum Gasteiger partial charge on any atom is -0.507 e. The van der Waals surface area contributed by atoms with Gasteiger partial charge in [-0.2, -0.15) is 0 Å². The molecule has 4 N–H and O–H groups in total. The Hall–Kier alpha value is -1.75. The monoisotopic (exact) mass is 238 g/mol. The second-order valence-corrected chi connectivity index (χ2v) is 4.55. The molecule has 94 valence electrons. The highest BCUT2D eigenvalue weighted by Crippen LogP contribution is 2.29. The van der Waals surface area contributed by atoms with Crippen molar-refractivity contribution in [3.05, 3.63) is 23.8 Å². The number of carbonyl (C=O) groups excluding carboxylic acids is 1. The van der Waals surface area contributed by atoms with Crippen LogP contribution in [-0.4, -0.2) is 40.2 Å². The van der Waals surface area contributed by atoms with Crippen molar-refractivity contribution in [1.29, 1.82) is 0 Å². The van der Waals surface area contributed by atoms with E-state index in [1.165, 1.54) is 23.1 Å². The lowest BCUT2D eigenvalue weighted by molar-refractivity contribution is 0.0634. The molecule has 0 aliphatic carbocycles. The van der Waals surface area contributed by atoms with Gasteiger partial charge in [-0.05, 0) is 26.0 Å². The van der Waals surface area contributed by atoms with E-state index < -0.39 is 11.4 Å². The summed E-state index contributed by atoms with van der Waals surface area (Å²) in [5.74, 6) is -0.944. The van der Waals surface area contributed by atoms with Crippen molar-refractivity contribution in [2.75, 3.05) is 13.6 Å². The van der Waals surface area contributed by atoms with E-state index in [4.69, 9.17) is 5.73 Å². The van der Waals surface area contributed by atoms with Gasteiger partial charge in [-0.1, -0.05) is 6.07 Å². The number of amides is 1. The number of hydrogen-bond acceptors (Lipinski definition) is 4. The van der Waals surface area contributed by atoms with E-state index in [1.54, 1.807) is 7.05 Å². The fourth-order valence-electron chi connectivity index (χ4n) is 1.33. The molecule has 0 heterocycles. The molecule has 0 bridgehead atoms. The lowest BCUT2D eigenvalue weighted by atomic mass is 10.0. The van der Waals surface area contributed by atoms with Crippen molar-refractivity contribution < 1.29 is 15.0 Å². The summed E-state index contributed by atoms with van der Waals surface area (Å²) in [6.45, 7) is 3.90. The van der Waals surface area contributed by atoms with Gasteiger partial charge >= 0.3 is 0 Å².